The topological polar surface area (TPSA) is 81.4 Å². The summed E-state index contributed by atoms with van der Waals surface area (Å²) in [4.78, 5) is 24.1. The third-order valence-corrected chi connectivity index (χ3v) is 3.73. The molecular formula is C20H18N2O4. The number of hydrogen-bond acceptors (Lipinski definition) is 5. The van der Waals surface area contributed by atoms with Crippen LogP contribution >= 0.6 is 0 Å². The molecule has 0 fully saturated rings. The van der Waals surface area contributed by atoms with E-state index in [1.54, 1.807) is 37.3 Å². The molecule has 1 aromatic heterocycles. The lowest BCUT2D eigenvalue weighted by Crippen LogP contribution is -2.25. The Morgan fingerprint density at radius 2 is 1.77 bits per heavy atom. The summed E-state index contributed by atoms with van der Waals surface area (Å²) in [6.07, 6.45) is -0.878. The molecule has 6 nitrogen and oxygen atoms in total. The van der Waals surface area contributed by atoms with Crippen molar-refractivity contribution in [2.75, 3.05) is 5.32 Å². The van der Waals surface area contributed by atoms with Crippen LogP contribution in [0.2, 0.25) is 0 Å². The van der Waals surface area contributed by atoms with E-state index in [9.17, 15) is 9.59 Å². The zero-order valence-electron chi connectivity index (χ0n) is 14.4. The Bertz CT molecular complexity index is 901. The van der Waals surface area contributed by atoms with Crippen LogP contribution in [0.4, 0.5) is 5.82 Å². The fourth-order valence-corrected chi connectivity index (χ4v) is 2.42. The second-order valence-corrected chi connectivity index (χ2v) is 5.80. The summed E-state index contributed by atoms with van der Waals surface area (Å²) in [6.45, 7) is 3.24. The summed E-state index contributed by atoms with van der Waals surface area (Å²) in [5.74, 6) is 0.993. The monoisotopic (exact) mass is 350 g/mol. The number of carbonyl (C=O) groups excluding carboxylic acids is 2. The van der Waals surface area contributed by atoms with Crippen molar-refractivity contribution in [3.8, 4) is 5.75 Å². The molecular weight excluding hydrogens is 332 g/mol. The number of aryl methyl sites for hydroxylation is 1. The lowest BCUT2D eigenvalue weighted by atomic mass is 10.1. The van der Waals surface area contributed by atoms with Crippen LogP contribution in [-0.2, 0) is 4.79 Å². The molecule has 3 aromatic rings. The highest BCUT2D eigenvalue weighted by atomic mass is 16.5. The number of amides is 1. The van der Waals surface area contributed by atoms with Crippen LogP contribution in [0.15, 0.2) is 65.2 Å². The van der Waals surface area contributed by atoms with Crippen molar-refractivity contribution < 1.29 is 18.8 Å². The summed E-state index contributed by atoms with van der Waals surface area (Å²) in [5, 5.41) is 6.46. The maximum absolute atomic E-state index is 12.7. The van der Waals surface area contributed by atoms with Gasteiger partial charge < -0.3 is 14.6 Å². The summed E-state index contributed by atoms with van der Waals surface area (Å²) in [7, 11) is 0. The Labute approximate surface area is 150 Å². The van der Waals surface area contributed by atoms with Crippen LogP contribution in [0.3, 0.4) is 0 Å². The van der Waals surface area contributed by atoms with Crippen LogP contribution in [0, 0.1) is 6.92 Å². The molecule has 0 aliphatic heterocycles. The Hall–Kier alpha value is -3.41. The number of nitrogens with zero attached hydrogens (tertiary/aromatic N) is 1. The Kier molecular flexibility index (Phi) is 5.12. The Balaban J connectivity index is 1.83. The van der Waals surface area contributed by atoms with Gasteiger partial charge in [-0.25, -0.2) is 0 Å². The number of ether oxygens (including phenoxy) is 1. The first-order valence-electron chi connectivity index (χ1n) is 8.10. The minimum atomic E-state index is -0.878. The minimum Gasteiger partial charge on any atom is -0.476 e. The van der Waals surface area contributed by atoms with Gasteiger partial charge in [0, 0.05) is 17.2 Å². The van der Waals surface area contributed by atoms with Crippen LogP contribution in [0.25, 0.3) is 0 Å². The van der Waals surface area contributed by atoms with Crippen molar-refractivity contribution in [1.82, 2.24) is 5.16 Å². The summed E-state index contributed by atoms with van der Waals surface area (Å²) in [6, 6.07) is 17.4. The van der Waals surface area contributed by atoms with Gasteiger partial charge in [-0.2, -0.15) is 0 Å². The first-order chi connectivity index (χ1) is 12.5. The second kappa shape index (κ2) is 7.65. The number of rotatable bonds is 6. The summed E-state index contributed by atoms with van der Waals surface area (Å²) < 4.78 is 10.9. The standard InChI is InChI=1S/C20H18N2O4/c1-13-12-18(22-26-13)21-20(24)19(16-6-4-3-5-7-16)25-17-10-8-15(9-11-17)14(2)23/h3-12,19H,1-2H3,(H,21,22,24)/t19-/m0/s1. The lowest BCUT2D eigenvalue weighted by molar-refractivity contribution is -0.123. The maximum Gasteiger partial charge on any atom is 0.271 e. The number of ketones is 1. The molecule has 0 unspecified atom stereocenters. The predicted molar refractivity (Wildman–Crippen MR) is 96.1 cm³/mol. The highest BCUT2D eigenvalue weighted by Gasteiger charge is 2.24. The number of nitrogens with one attached hydrogen (secondary N) is 1. The van der Waals surface area contributed by atoms with Gasteiger partial charge in [-0.05, 0) is 38.1 Å². The molecule has 3 rings (SSSR count). The molecule has 0 radical (unpaired) electrons. The smallest absolute Gasteiger partial charge is 0.271 e. The van der Waals surface area contributed by atoms with Gasteiger partial charge in [0.2, 0.25) is 6.10 Å². The van der Waals surface area contributed by atoms with Crippen LogP contribution in [-0.4, -0.2) is 16.8 Å². The average molecular weight is 350 g/mol. The fraction of sp³-hybridized carbons (Fsp3) is 0.150. The number of aromatic nitrogens is 1. The number of benzene rings is 2. The van der Waals surface area contributed by atoms with Gasteiger partial charge in [-0.3, -0.25) is 9.59 Å². The third-order valence-electron chi connectivity index (χ3n) is 3.73. The van der Waals surface area contributed by atoms with Gasteiger partial charge in [-0.1, -0.05) is 35.5 Å². The van der Waals surface area contributed by atoms with Crippen LogP contribution < -0.4 is 10.1 Å². The van der Waals surface area contributed by atoms with Gasteiger partial charge in [0.15, 0.2) is 11.6 Å². The van der Waals surface area contributed by atoms with Crippen molar-refractivity contribution >= 4 is 17.5 Å². The molecule has 0 saturated carbocycles. The van der Waals surface area contributed by atoms with E-state index < -0.39 is 6.10 Å². The van der Waals surface area contributed by atoms with Crippen molar-refractivity contribution in [3.63, 3.8) is 0 Å². The van der Waals surface area contributed by atoms with Gasteiger partial charge >= 0.3 is 0 Å². The first kappa shape index (κ1) is 17.4. The normalized spacial score (nSPS) is 11.6. The molecule has 1 N–H and O–H groups in total. The van der Waals surface area contributed by atoms with Crippen molar-refractivity contribution in [2.45, 2.75) is 20.0 Å². The molecule has 132 valence electrons. The van der Waals surface area contributed by atoms with Crippen molar-refractivity contribution in [3.05, 3.63) is 77.6 Å². The Morgan fingerprint density at radius 3 is 2.35 bits per heavy atom. The van der Waals surface area contributed by atoms with E-state index in [0.717, 1.165) is 0 Å². The fourth-order valence-electron chi connectivity index (χ4n) is 2.42. The largest absolute Gasteiger partial charge is 0.476 e. The average Bonchev–Trinajstić information content (AvgIpc) is 3.05. The lowest BCUT2D eigenvalue weighted by Gasteiger charge is -2.18. The minimum absolute atomic E-state index is 0.0321. The number of carbonyl (C=O) groups is 2. The van der Waals surface area contributed by atoms with E-state index in [-0.39, 0.29) is 11.7 Å². The molecule has 0 bridgehead atoms. The molecule has 6 heteroatoms. The second-order valence-electron chi connectivity index (χ2n) is 5.80. The van der Waals surface area contributed by atoms with Gasteiger partial charge in [-0.15, -0.1) is 0 Å². The van der Waals surface area contributed by atoms with E-state index in [4.69, 9.17) is 9.26 Å². The van der Waals surface area contributed by atoms with E-state index in [1.165, 1.54) is 6.92 Å². The van der Waals surface area contributed by atoms with E-state index in [1.807, 2.05) is 30.3 Å². The molecule has 1 heterocycles. The highest BCUT2D eigenvalue weighted by Crippen LogP contribution is 2.24. The molecule has 0 aliphatic carbocycles. The SMILES string of the molecule is CC(=O)c1ccc(O[C@H](C(=O)Nc2cc(C)on2)c2ccccc2)cc1. The first-order valence-corrected chi connectivity index (χ1v) is 8.10. The number of anilines is 1. The zero-order chi connectivity index (χ0) is 18.5. The van der Waals surface area contributed by atoms with Crippen LogP contribution in [0.1, 0.15) is 34.7 Å². The van der Waals surface area contributed by atoms with Crippen LogP contribution in [0.5, 0.6) is 5.75 Å². The van der Waals surface area contributed by atoms with Gasteiger partial charge in [0.05, 0.1) is 0 Å². The molecule has 26 heavy (non-hydrogen) atoms. The van der Waals surface area contributed by atoms with Gasteiger partial charge in [0.1, 0.15) is 11.5 Å². The summed E-state index contributed by atoms with van der Waals surface area (Å²) >= 11 is 0. The summed E-state index contributed by atoms with van der Waals surface area (Å²) in [5.41, 5.74) is 1.27. The maximum atomic E-state index is 12.7. The molecule has 1 atom stereocenters. The number of hydrogen-bond donors (Lipinski definition) is 1. The third kappa shape index (κ3) is 4.16. The quantitative estimate of drug-likeness (QED) is 0.681. The molecule has 0 saturated heterocycles. The van der Waals surface area contributed by atoms with Gasteiger partial charge in [0.25, 0.3) is 5.91 Å². The van der Waals surface area contributed by atoms with Crippen molar-refractivity contribution in [1.29, 1.82) is 0 Å². The Morgan fingerprint density at radius 1 is 1.08 bits per heavy atom. The predicted octanol–water partition coefficient (Wildman–Crippen LogP) is 3.94. The van der Waals surface area contributed by atoms with Crippen molar-refractivity contribution in [2.24, 2.45) is 0 Å². The molecule has 1 amide bonds. The number of Topliss-reactive ketones (excluding diaryl/α,β-unsaturated/α-hetero) is 1. The van der Waals surface area contributed by atoms with E-state index in [0.29, 0.717) is 28.5 Å². The molecule has 0 spiro atoms. The van der Waals surface area contributed by atoms with E-state index in [2.05, 4.69) is 10.5 Å². The molecule has 2 aromatic carbocycles. The highest BCUT2D eigenvalue weighted by molar-refractivity contribution is 5.95. The van der Waals surface area contributed by atoms with E-state index >= 15 is 0 Å². The molecule has 0 aliphatic rings. The zero-order valence-corrected chi connectivity index (χ0v) is 14.4.